The molecule has 2 aromatic carbocycles. The third-order valence-corrected chi connectivity index (χ3v) is 5.56. The summed E-state index contributed by atoms with van der Waals surface area (Å²) in [5.41, 5.74) is 1.56. The molecule has 1 fully saturated rings. The Kier molecular flexibility index (Phi) is 4.83. The van der Waals surface area contributed by atoms with Gasteiger partial charge in [0.25, 0.3) is 0 Å². The Morgan fingerprint density at radius 2 is 1.78 bits per heavy atom. The Labute approximate surface area is 141 Å². The third-order valence-electron chi connectivity index (χ3n) is 4.44. The molecular formula is C19H22O3S. The highest BCUT2D eigenvalue weighted by atomic mass is 32.2. The summed E-state index contributed by atoms with van der Waals surface area (Å²) in [6.07, 6.45) is 2.77. The Hall–Kier alpha value is -1.65. The van der Waals surface area contributed by atoms with Crippen LogP contribution in [0.5, 0.6) is 11.5 Å². The zero-order valence-electron chi connectivity index (χ0n) is 13.5. The summed E-state index contributed by atoms with van der Waals surface area (Å²) in [5.74, 6) is 2.57. The molecule has 3 rings (SSSR count). The van der Waals surface area contributed by atoms with E-state index in [1.807, 2.05) is 24.3 Å². The summed E-state index contributed by atoms with van der Waals surface area (Å²) in [7, 11) is 3.35. The third kappa shape index (κ3) is 3.48. The number of benzene rings is 2. The van der Waals surface area contributed by atoms with Gasteiger partial charge in [-0.25, -0.2) is 0 Å². The fourth-order valence-corrected chi connectivity index (χ4v) is 3.72. The highest BCUT2D eigenvalue weighted by molar-refractivity contribution is 7.98. The van der Waals surface area contributed by atoms with E-state index in [-0.39, 0.29) is 0 Å². The van der Waals surface area contributed by atoms with Gasteiger partial charge in [-0.15, -0.1) is 11.8 Å². The van der Waals surface area contributed by atoms with Crippen LogP contribution in [0.25, 0.3) is 0 Å². The molecule has 1 aliphatic carbocycles. The number of aliphatic hydroxyl groups is 1. The van der Waals surface area contributed by atoms with Crippen LogP contribution in [-0.2, 0) is 11.4 Å². The molecule has 0 atom stereocenters. The van der Waals surface area contributed by atoms with Crippen LogP contribution in [0.1, 0.15) is 30.4 Å². The molecule has 4 heteroatoms. The maximum atomic E-state index is 10.5. The van der Waals surface area contributed by atoms with Crippen LogP contribution in [-0.4, -0.2) is 19.3 Å². The second-order valence-corrected chi connectivity index (χ2v) is 6.90. The van der Waals surface area contributed by atoms with Gasteiger partial charge in [-0.3, -0.25) is 0 Å². The Balaban J connectivity index is 1.71. The first-order valence-corrected chi connectivity index (χ1v) is 8.80. The minimum atomic E-state index is -0.646. The van der Waals surface area contributed by atoms with Gasteiger partial charge in [0.1, 0.15) is 11.5 Å². The molecule has 2 aromatic rings. The van der Waals surface area contributed by atoms with Gasteiger partial charge in [-0.1, -0.05) is 18.2 Å². The first-order chi connectivity index (χ1) is 11.1. The Morgan fingerprint density at radius 1 is 1.04 bits per heavy atom. The molecule has 0 amide bonds. The molecule has 23 heavy (non-hydrogen) atoms. The van der Waals surface area contributed by atoms with Crippen LogP contribution in [0, 0.1) is 0 Å². The van der Waals surface area contributed by atoms with Crippen molar-refractivity contribution in [2.24, 2.45) is 0 Å². The van der Waals surface area contributed by atoms with Gasteiger partial charge < -0.3 is 14.6 Å². The monoisotopic (exact) mass is 330 g/mol. The van der Waals surface area contributed by atoms with Crippen LogP contribution >= 0.6 is 11.8 Å². The molecule has 0 unspecified atom stereocenters. The molecule has 0 saturated heterocycles. The average molecular weight is 330 g/mol. The predicted octanol–water partition coefficient (Wildman–Crippen LogP) is 4.37. The quantitative estimate of drug-likeness (QED) is 0.798. The van der Waals surface area contributed by atoms with Gasteiger partial charge in [0.2, 0.25) is 0 Å². The second-order valence-electron chi connectivity index (χ2n) is 5.89. The molecule has 1 aliphatic rings. The van der Waals surface area contributed by atoms with Crippen LogP contribution in [0.3, 0.4) is 0 Å². The van der Waals surface area contributed by atoms with Crippen LogP contribution in [0.15, 0.2) is 47.4 Å². The molecule has 0 radical (unpaired) electrons. The lowest BCUT2D eigenvalue weighted by atomic mass is 9.75. The SMILES string of the molecule is COc1ccc(CSc2ccc(C3(O)CCC3)cc2OC)cc1. The van der Waals surface area contributed by atoms with Crippen molar-refractivity contribution >= 4 is 11.8 Å². The molecule has 1 N–H and O–H groups in total. The molecule has 3 nitrogen and oxygen atoms in total. The fraction of sp³-hybridized carbons (Fsp3) is 0.368. The lowest BCUT2D eigenvalue weighted by Crippen LogP contribution is -2.33. The first-order valence-electron chi connectivity index (χ1n) is 7.81. The van der Waals surface area contributed by atoms with E-state index in [9.17, 15) is 5.11 Å². The van der Waals surface area contributed by atoms with Crippen molar-refractivity contribution in [2.45, 2.75) is 35.5 Å². The summed E-state index contributed by atoms with van der Waals surface area (Å²) >= 11 is 1.74. The van der Waals surface area contributed by atoms with E-state index >= 15 is 0 Å². The Morgan fingerprint density at radius 3 is 2.35 bits per heavy atom. The standard InChI is InChI=1S/C19H22O3S/c1-21-16-7-4-14(5-8-16)13-23-18-9-6-15(12-17(18)22-2)19(20)10-3-11-19/h4-9,12,20H,3,10-11,13H2,1-2H3. The smallest absolute Gasteiger partial charge is 0.132 e. The molecule has 0 heterocycles. The van der Waals surface area contributed by atoms with Gasteiger partial charge in [0, 0.05) is 10.6 Å². The number of thioether (sulfide) groups is 1. The minimum Gasteiger partial charge on any atom is -0.497 e. The maximum absolute atomic E-state index is 10.5. The summed E-state index contributed by atoms with van der Waals surface area (Å²) in [5, 5.41) is 10.5. The molecule has 1 saturated carbocycles. The lowest BCUT2D eigenvalue weighted by molar-refractivity contribution is -0.0389. The van der Waals surface area contributed by atoms with Gasteiger partial charge in [0.05, 0.1) is 19.8 Å². The first kappa shape index (κ1) is 16.2. The molecular weight excluding hydrogens is 308 g/mol. The van der Waals surface area contributed by atoms with E-state index in [1.165, 1.54) is 5.56 Å². The number of hydrogen-bond acceptors (Lipinski definition) is 4. The summed E-state index contributed by atoms with van der Waals surface area (Å²) in [4.78, 5) is 1.09. The molecule has 0 bridgehead atoms. The number of rotatable bonds is 6. The van der Waals surface area contributed by atoms with Crippen molar-refractivity contribution in [3.63, 3.8) is 0 Å². The summed E-state index contributed by atoms with van der Waals surface area (Å²) < 4.78 is 10.7. The number of ether oxygens (including phenoxy) is 2. The molecule has 122 valence electrons. The zero-order chi connectivity index (χ0) is 16.3. The normalized spacial score (nSPS) is 15.8. The van der Waals surface area contributed by atoms with Crippen molar-refractivity contribution in [1.82, 2.24) is 0 Å². The van der Waals surface area contributed by atoms with E-state index in [4.69, 9.17) is 9.47 Å². The van der Waals surface area contributed by atoms with Crippen molar-refractivity contribution in [2.75, 3.05) is 14.2 Å². The van der Waals surface area contributed by atoms with Crippen LogP contribution in [0.4, 0.5) is 0 Å². The van der Waals surface area contributed by atoms with E-state index < -0.39 is 5.60 Å². The molecule has 0 spiro atoms. The predicted molar refractivity (Wildman–Crippen MR) is 93.3 cm³/mol. The number of hydrogen-bond donors (Lipinski definition) is 1. The van der Waals surface area contributed by atoms with E-state index in [0.29, 0.717) is 0 Å². The van der Waals surface area contributed by atoms with Crippen LogP contribution < -0.4 is 9.47 Å². The highest BCUT2D eigenvalue weighted by Gasteiger charge is 2.36. The van der Waals surface area contributed by atoms with Crippen molar-refractivity contribution in [3.8, 4) is 11.5 Å². The molecule has 0 aromatic heterocycles. The van der Waals surface area contributed by atoms with E-state index in [2.05, 4.69) is 18.2 Å². The summed E-state index contributed by atoms with van der Waals surface area (Å²) in [6.45, 7) is 0. The number of methoxy groups -OCH3 is 2. The largest absolute Gasteiger partial charge is 0.497 e. The van der Waals surface area contributed by atoms with Gasteiger partial charge >= 0.3 is 0 Å². The van der Waals surface area contributed by atoms with Gasteiger partial charge in [-0.05, 0) is 54.7 Å². The fourth-order valence-electron chi connectivity index (χ4n) is 2.76. The van der Waals surface area contributed by atoms with Gasteiger partial charge in [0.15, 0.2) is 0 Å². The summed E-state index contributed by atoms with van der Waals surface area (Å²) in [6, 6.07) is 14.2. The zero-order valence-corrected chi connectivity index (χ0v) is 14.4. The average Bonchev–Trinajstić information content (AvgIpc) is 2.58. The van der Waals surface area contributed by atoms with Crippen molar-refractivity contribution < 1.29 is 14.6 Å². The molecule has 0 aliphatic heterocycles. The topological polar surface area (TPSA) is 38.7 Å². The van der Waals surface area contributed by atoms with Crippen molar-refractivity contribution in [1.29, 1.82) is 0 Å². The van der Waals surface area contributed by atoms with Gasteiger partial charge in [-0.2, -0.15) is 0 Å². The van der Waals surface area contributed by atoms with Crippen LogP contribution in [0.2, 0.25) is 0 Å². The Bertz CT molecular complexity index is 663. The van der Waals surface area contributed by atoms with E-state index in [1.54, 1.807) is 26.0 Å². The minimum absolute atomic E-state index is 0.646. The lowest BCUT2D eigenvalue weighted by Gasteiger charge is -2.37. The van der Waals surface area contributed by atoms with Crippen molar-refractivity contribution in [3.05, 3.63) is 53.6 Å². The maximum Gasteiger partial charge on any atom is 0.132 e. The van der Waals surface area contributed by atoms with E-state index in [0.717, 1.165) is 47.0 Å². The highest BCUT2D eigenvalue weighted by Crippen LogP contribution is 2.43. The second kappa shape index (κ2) is 6.85.